The molecule has 0 aromatic heterocycles. The van der Waals surface area contributed by atoms with Gasteiger partial charge in [0.25, 0.3) is 0 Å². The van der Waals surface area contributed by atoms with Gasteiger partial charge >= 0.3 is 114 Å². The number of hydrogen-bond donors (Lipinski definition) is 0. The normalized spacial score (nSPS) is 15.6. The molecule has 0 bridgehead atoms. The molecule has 0 saturated heterocycles. The first-order chi connectivity index (χ1) is 8.06. The molecule has 0 amide bonds. The molecular formula is C14H15Cl3O2Ti. The predicted molar refractivity (Wildman–Crippen MR) is 63.7 cm³/mol. The maximum Gasteiger partial charge on any atom is -1.00 e. The second-order valence-electron chi connectivity index (χ2n) is 4.39. The van der Waals surface area contributed by atoms with Crippen LogP contribution in [0.3, 0.4) is 0 Å². The average Bonchev–Trinajstić information content (AvgIpc) is 2.55. The molecule has 20 heavy (non-hydrogen) atoms. The zero-order valence-electron chi connectivity index (χ0n) is 11.5. The Morgan fingerprint density at radius 2 is 1.90 bits per heavy atom. The van der Waals surface area contributed by atoms with Crippen LogP contribution in [0.15, 0.2) is 23.8 Å². The monoisotopic (exact) mass is 368 g/mol. The quantitative estimate of drug-likeness (QED) is 0.383. The van der Waals surface area contributed by atoms with E-state index in [1.165, 1.54) is 33.3 Å². The molecule has 1 atom stereocenters. The van der Waals surface area contributed by atoms with Crippen molar-refractivity contribution in [3.8, 4) is 0 Å². The van der Waals surface area contributed by atoms with Crippen molar-refractivity contribution in [2.45, 2.75) is 26.2 Å². The van der Waals surface area contributed by atoms with Gasteiger partial charge in [-0.2, -0.15) is 0 Å². The third-order valence-electron chi connectivity index (χ3n) is 3.51. The number of fused-ring (bicyclic) bond motifs is 1. The van der Waals surface area contributed by atoms with Gasteiger partial charge in [-0.1, -0.05) is 0 Å². The minimum atomic E-state index is -0.156. The average molecular weight is 369 g/mol. The van der Waals surface area contributed by atoms with Crippen molar-refractivity contribution < 1.29 is 67.2 Å². The number of carbonyl (C=O) groups excluding carboxylic acids is 1. The maximum atomic E-state index is 11.4. The van der Waals surface area contributed by atoms with E-state index in [1.807, 2.05) is 0 Å². The molecule has 108 valence electrons. The zero-order chi connectivity index (χ0) is 12.6. The van der Waals surface area contributed by atoms with Gasteiger partial charge in [0.1, 0.15) is 0 Å². The summed E-state index contributed by atoms with van der Waals surface area (Å²) in [7, 11) is 1.44. The first-order valence-electron chi connectivity index (χ1n) is 5.67. The van der Waals surface area contributed by atoms with Gasteiger partial charge in [-0.25, -0.2) is 0 Å². The third kappa shape index (κ3) is 4.02. The van der Waals surface area contributed by atoms with E-state index in [4.69, 9.17) is 4.74 Å². The Morgan fingerprint density at radius 3 is 2.40 bits per heavy atom. The Hall–Kier alpha value is 0.0143. The molecule has 0 N–H and O–H groups in total. The van der Waals surface area contributed by atoms with Gasteiger partial charge in [0.2, 0.25) is 0 Å². The fourth-order valence-corrected chi connectivity index (χ4v) is 3.20. The standard InChI is InChI=1S/C14H15O2.3ClH.Ti/c1-9-11-6-4-5-7-12(11)10(2)13(9)8-14(15)16-3;;;;/h4-6,9H,8H2,1-3H3;3*1H;/q;;;;+3/p-3. The van der Waals surface area contributed by atoms with Crippen LogP contribution in [0.5, 0.6) is 0 Å². The van der Waals surface area contributed by atoms with Crippen LogP contribution in [-0.4, -0.2) is 13.1 Å². The third-order valence-corrected chi connectivity index (χ3v) is 4.16. The summed E-state index contributed by atoms with van der Waals surface area (Å²) >= 11 is 2.12. The summed E-state index contributed by atoms with van der Waals surface area (Å²) in [6.45, 7) is 4.26. The number of ether oxygens (including phenoxy) is 1. The number of hydrogen-bond acceptors (Lipinski definition) is 2. The van der Waals surface area contributed by atoms with Crippen LogP contribution in [0.25, 0.3) is 5.57 Å². The van der Waals surface area contributed by atoms with Crippen molar-refractivity contribution in [1.82, 2.24) is 0 Å². The number of halogens is 3. The van der Waals surface area contributed by atoms with Gasteiger partial charge in [-0.05, 0) is 0 Å². The van der Waals surface area contributed by atoms with Gasteiger partial charge in [0.15, 0.2) is 0 Å². The SMILES string of the molecule is COC(=O)CC1=C(C)c2[c]([Ti+3])cccc2C1C.[Cl-].[Cl-].[Cl-]. The molecule has 1 aromatic carbocycles. The van der Waals surface area contributed by atoms with Crippen LogP contribution in [0.1, 0.15) is 37.3 Å². The molecule has 1 aliphatic rings. The van der Waals surface area contributed by atoms with Gasteiger partial charge < -0.3 is 37.2 Å². The molecule has 0 spiro atoms. The number of esters is 1. The maximum absolute atomic E-state index is 11.4. The molecule has 2 nitrogen and oxygen atoms in total. The van der Waals surface area contributed by atoms with E-state index in [0.717, 1.165) is 0 Å². The van der Waals surface area contributed by atoms with E-state index in [2.05, 4.69) is 52.5 Å². The van der Waals surface area contributed by atoms with Crippen molar-refractivity contribution in [2.24, 2.45) is 0 Å². The van der Waals surface area contributed by atoms with E-state index < -0.39 is 0 Å². The first kappa shape index (κ1) is 22.3. The summed E-state index contributed by atoms with van der Waals surface area (Å²) in [5.74, 6) is 0.167. The summed E-state index contributed by atoms with van der Waals surface area (Å²) in [4.78, 5) is 11.4. The van der Waals surface area contributed by atoms with Gasteiger partial charge in [-0.15, -0.1) is 0 Å². The van der Waals surface area contributed by atoms with E-state index >= 15 is 0 Å². The fourth-order valence-electron chi connectivity index (χ4n) is 2.54. The van der Waals surface area contributed by atoms with Crippen molar-refractivity contribution in [2.75, 3.05) is 7.11 Å². The van der Waals surface area contributed by atoms with E-state index in [9.17, 15) is 4.79 Å². The smallest absolute Gasteiger partial charge is 1.00 e. The molecule has 1 aliphatic carbocycles. The number of allylic oxidation sites excluding steroid dienone is 1. The molecule has 0 radical (unpaired) electrons. The molecule has 1 aromatic rings. The van der Waals surface area contributed by atoms with Crippen molar-refractivity contribution in [3.05, 3.63) is 34.9 Å². The Bertz CT molecular complexity index is 515. The van der Waals surface area contributed by atoms with Crippen LogP contribution in [-0.2, 0) is 30.0 Å². The second-order valence-corrected chi connectivity index (χ2v) is 5.24. The van der Waals surface area contributed by atoms with Crippen LogP contribution in [0.2, 0.25) is 0 Å². The predicted octanol–water partition coefficient (Wildman–Crippen LogP) is -6.68. The van der Waals surface area contributed by atoms with Gasteiger partial charge in [0, 0.05) is 0 Å². The van der Waals surface area contributed by atoms with Gasteiger partial charge in [-0.3, -0.25) is 0 Å². The Morgan fingerprint density at radius 1 is 1.30 bits per heavy atom. The Labute approximate surface area is 150 Å². The molecule has 1 unspecified atom stereocenters. The fraction of sp³-hybridized carbons (Fsp3) is 0.357. The summed E-state index contributed by atoms with van der Waals surface area (Å²) < 4.78 is 6.05. The summed E-state index contributed by atoms with van der Waals surface area (Å²) in [6, 6.07) is 6.36. The minimum Gasteiger partial charge on any atom is -1.00 e. The minimum absolute atomic E-state index is 0. The van der Waals surface area contributed by atoms with Crippen LogP contribution < -0.4 is 41.1 Å². The number of rotatable bonds is 2. The molecule has 2 rings (SSSR count). The van der Waals surface area contributed by atoms with Crippen molar-refractivity contribution in [1.29, 1.82) is 0 Å². The number of methoxy groups -OCH3 is 1. The number of carbonyl (C=O) groups is 1. The summed E-state index contributed by atoms with van der Waals surface area (Å²) in [6.07, 6.45) is 0.400. The first-order valence-corrected chi connectivity index (χ1v) is 6.45. The zero-order valence-corrected chi connectivity index (χ0v) is 15.3. The molecule has 0 saturated carbocycles. The van der Waals surface area contributed by atoms with Gasteiger partial charge in [0.05, 0.1) is 0 Å². The van der Waals surface area contributed by atoms with Crippen LogP contribution in [0, 0.1) is 0 Å². The number of benzene rings is 1. The van der Waals surface area contributed by atoms with Crippen molar-refractivity contribution >= 4 is 15.4 Å². The molecule has 0 aliphatic heterocycles. The van der Waals surface area contributed by atoms with Crippen molar-refractivity contribution in [3.63, 3.8) is 0 Å². The Kier molecular flexibility index (Phi) is 10.2. The molecular weight excluding hydrogens is 354 g/mol. The topological polar surface area (TPSA) is 26.3 Å². The Balaban J connectivity index is 0. The second kappa shape index (κ2) is 9.12. The summed E-state index contributed by atoms with van der Waals surface area (Å²) in [5, 5.41) is 0. The summed E-state index contributed by atoms with van der Waals surface area (Å²) in [5.41, 5.74) is 5.09. The van der Waals surface area contributed by atoms with E-state index in [0.29, 0.717) is 12.3 Å². The van der Waals surface area contributed by atoms with Crippen LogP contribution >= 0.6 is 0 Å². The molecule has 0 fully saturated rings. The molecule has 0 heterocycles. The molecule has 6 heteroatoms. The van der Waals surface area contributed by atoms with E-state index in [1.54, 1.807) is 0 Å². The largest absolute Gasteiger partial charge is 1.00 e. The van der Waals surface area contributed by atoms with Crippen LogP contribution in [0.4, 0.5) is 0 Å². The van der Waals surface area contributed by atoms with E-state index in [-0.39, 0.29) is 43.2 Å².